The highest BCUT2D eigenvalue weighted by atomic mass is 19.2. The van der Waals surface area contributed by atoms with Crippen molar-refractivity contribution < 1.29 is 8.78 Å². The molecule has 0 aliphatic carbocycles. The zero-order chi connectivity index (χ0) is 11.6. The molecule has 0 N–H and O–H groups in total. The SMILES string of the molecule is CC.CC1CN(C)c2ccc(F)c(F)c21. The molecule has 1 heterocycles. The minimum atomic E-state index is -0.749. The van der Waals surface area contributed by atoms with Crippen LogP contribution in [0.25, 0.3) is 0 Å². The number of likely N-dealkylation sites (N-methyl/N-ethyl adjacent to an activating group) is 1. The van der Waals surface area contributed by atoms with Crippen LogP contribution in [-0.2, 0) is 0 Å². The fourth-order valence-electron chi connectivity index (χ4n) is 1.96. The van der Waals surface area contributed by atoms with Crippen molar-refractivity contribution in [2.75, 3.05) is 18.5 Å². The third-order valence-electron chi connectivity index (χ3n) is 2.56. The fraction of sp³-hybridized carbons (Fsp3) is 0.500. The van der Waals surface area contributed by atoms with Crippen molar-refractivity contribution in [3.63, 3.8) is 0 Å². The first-order chi connectivity index (χ1) is 7.11. The van der Waals surface area contributed by atoms with Crippen molar-refractivity contribution in [2.24, 2.45) is 0 Å². The molecule has 15 heavy (non-hydrogen) atoms. The van der Waals surface area contributed by atoms with Crippen LogP contribution < -0.4 is 4.90 Å². The highest BCUT2D eigenvalue weighted by Crippen LogP contribution is 2.37. The van der Waals surface area contributed by atoms with Gasteiger partial charge in [-0.25, -0.2) is 8.78 Å². The number of anilines is 1. The van der Waals surface area contributed by atoms with Gasteiger partial charge in [0.15, 0.2) is 11.6 Å². The monoisotopic (exact) mass is 213 g/mol. The van der Waals surface area contributed by atoms with Gasteiger partial charge in [-0.3, -0.25) is 0 Å². The van der Waals surface area contributed by atoms with E-state index in [1.807, 2.05) is 32.7 Å². The van der Waals surface area contributed by atoms with E-state index in [4.69, 9.17) is 0 Å². The van der Waals surface area contributed by atoms with Gasteiger partial charge in [0, 0.05) is 30.8 Å². The second-order valence-corrected chi connectivity index (χ2v) is 3.58. The van der Waals surface area contributed by atoms with Crippen molar-refractivity contribution in [3.05, 3.63) is 29.3 Å². The van der Waals surface area contributed by atoms with Gasteiger partial charge in [-0.15, -0.1) is 0 Å². The van der Waals surface area contributed by atoms with Gasteiger partial charge in [-0.1, -0.05) is 20.8 Å². The Balaban J connectivity index is 0.000000531. The summed E-state index contributed by atoms with van der Waals surface area (Å²) in [6.45, 7) is 6.67. The Morgan fingerprint density at radius 2 is 1.87 bits per heavy atom. The molecule has 0 bridgehead atoms. The van der Waals surface area contributed by atoms with Gasteiger partial charge in [0.1, 0.15) is 0 Å². The number of hydrogen-bond acceptors (Lipinski definition) is 1. The van der Waals surface area contributed by atoms with Gasteiger partial charge in [0.05, 0.1) is 0 Å². The molecule has 0 spiro atoms. The zero-order valence-corrected chi connectivity index (χ0v) is 9.64. The number of halogens is 2. The topological polar surface area (TPSA) is 3.24 Å². The van der Waals surface area contributed by atoms with Gasteiger partial charge >= 0.3 is 0 Å². The quantitative estimate of drug-likeness (QED) is 0.637. The standard InChI is InChI=1S/C10H11F2N.C2H6/c1-6-5-13(2)8-4-3-7(11)10(12)9(6)8;1-2/h3-4,6H,5H2,1-2H3;1-2H3. The van der Waals surface area contributed by atoms with E-state index < -0.39 is 11.6 Å². The van der Waals surface area contributed by atoms with E-state index in [-0.39, 0.29) is 5.92 Å². The molecule has 0 saturated heterocycles. The van der Waals surface area contributed by atoms with Crippen molar-refractivity contribution in [1.82, 2.24) is 0 Å². The average molecular weight is 213 g/mol. The molecule has 1 aromatic rings. The molecular formula is C12H17F2N. The Bertz CT molecular complexity index is 350. The normalized spacial score (nSPS) is 18.3. The molecule has 0 saturated carbocycles. The number of nitrogens with zero attached hydrogens (tertiary/aromatic N) is 1. The molecule has 2 rings (SSSR count). The van der Waals surface area contributed by atoms with Crippen LogP contribution in [0.2, 0.25) is 0 Å². The van der Waals surface area contributed by atoms with Crippen LogP contribution in [0.1, 0.15) is 32.3 Å². The number of rotatable bonds is 0. The summed E-state index contributed by atoms with van der Waals surface area (Å²) in [4.78, 5) is 1.95. The molecule has 3 heteroatoms. The lowest BCUT2D eigenvalue weighted by Gasteiger charge is -2.11. The van der Waals surface area contributed by atoms with E-state index in [0.717, 1.165) is 12.2 Å². The average Bonchev–Trinajstić information content (AvgIpc) is 2.51. The van der Waals surface area contributed by atoms with Crippen LogP contribution in [0.4, 0.5) is 14.5 Å². The summed E-state index contributed by atoms with van der Waals surface area (Å²) in [5.41, 5.74) is 1.33. The maximum absolute atomic E-state index is 13.3. The van der Waals surface area contributed by atoms with Gasteiger partial charge in [0.25, 0.3) is 0 Å². The van der Waals surface area contributed by atoms with Crippen molar-refractivity contribution in [1.29, 1.82) is 0 Å². The summed E-state index contributed by atoms with van der Waals surface area (Å²) in [6.07, 6.45) is 0. The smallest absolute Gasteiger partial charge is 0.164 e. The summed E-state index contributed by atoms with van der Waals surface area (Å²) >= 11 is 0. The van der Waals surface area contributed by atoms with Crippen LogP contribution in [0.3, 0.4) is 0 Å². The minimum absolute atomic E-state index is 0.0794. The van der Waals surface area contributed by atoms with Crippen LogP contribution in [0.15, 0.2) is 12.1 Å². The predicted octanol–water partition coefficient (Wildman–Crippen LogP) is 3.54. The van der Waals surface area contributed by atoms with E-state index in [1.165, 1.54) is 6.07 Å². The Labute approximate surface area is 89.7 Å². The van der Waals surface area contributed by atoms with Crippen molar-refractivity contribution in [3.8, 4) is 0 Å². The van der Waals surface area contributed by atoms with E-state index in [9.17, 15) is 8.78 Å². The lowest BCUT2D eigenvalue weighted by Crippen LogP contribution is -2.13. The predicted molar refractivity (Wildman–Crippen MR) is 59.4 cm³/mol. The second kappa shape index (κ2) is 4.60. The zero-order valence-electron chi connectivity index (χ0n) is 9.64. The van der Waals surface area contributed by atoms with Gasteiger partial charge < -0.3 is 4.90 Å². The Hall–Kier alpha value is -1.12. The number of benzene rings is 1. The third-order valence-corrected chi connectivity index (χ3v) is 2.56. The molecule has 0 amide bonds. The fourth-order valence-corrected chi connectivity index (χ4v) is 1.96. The van der Waals surface area contributed by atoms with Crippen LogP contribution in [0.5, 0.6) is 0 Å². The highest BCUT2D eigenvalue weighted by Gasteiger charge is 2.27. The summed E-state index contributed by atoms with van der Waals surface area (Å²) < 4.78 is 26.2. The first-order valence-electron chi connectivity index (χ1n) is 5.30. The highest BCUT2D eigenvalue weighted by molar-refractivity contribution is 5.60. The molecular weight excluding hydrogens is 196 g/mol. The van der Waals surface area contributed by atoms with Gasteiger partial charge in [-0.05, 0) is 12.1 Å². The summed E-state index contributed by atoms with van der Waals surface area (Å²) in [6, 6.07) is 2.82. The molecule has 84 valence electrons. The molecule has 1 aliphatic heterocycles. The Morgan fingerprint density at radius 3 is 2.47 bits per heavy atom. The second-order valence-electron chi connectivity index (χ2n) is 3.58. The van der Waals surface area contributed by atoms with Crippen LogP contribution in [0, 0.1) is 11.6 Å². The molecule has 1 aliphatic rings. The number of hydrogen-bond donors (Lipinski definition) is 0. The van der Waals surface area contributed by atoms with Crippen molar-refractivity contribution in [2.45, 2.75) is 26.7 Å². The lowest BCUT2D eigenvalue weighted by atomic mass is 10.0. The van der Waals surface area contributed by atoms with E-state index >= 15 is 0 Å². The first-order valence-corrected chi connectivity index (χ1v) is 5.30. The molecule has 0 radical (unpaired) electrons. The van der Waals surface area contributed by atoms with Gasteiger partial charge in [0.2, 0.25) is 0 Å². The van der Waals surface area contributed by atoms with Crippen LogP contribution in [-0.4, -0.2) is 13.6 Å². The van der Waals surface area contributed by atoms with Gasteiger partial charge in [-0.2, -0.15) is 0 Å². The van der Waals surface area contributed by atoms with Crippen molar-refractivity contribution >= 4 is 5.69 Å². The Morgan fingerprint density at radius 1 is 1.27 bits per heavy atom. The Kier molecular flexibility index (Phi) is 3.66. The maximum Gasteiger partial charge on any atom is 0.164 e. The minimum Gasteiger partial charge on any atom is -0.374 e. The molecule has 1 nitrogen and oxygen atoms in total. The van der Waals surface area contributed by atoms with E-state index in [1.54, 1.807) is 6.07 Å². The summed E-state index contributed by atoms with van der Waals surface area (Å²) in [7, 11) is 1.89. The van der Waals surface area contributed by atoms with Crippen LogP contribution >= 0.6 is 0 Å². The molecule has 1 atom stereocenters. The first kappa shape index (κ1) is 12.0. The molecule has 0 fully saturated rings. The lowest BCUT2D eigenvalue weighted by molar-refractivity contribution is 0.497. The van der Waals surface area contributed by atoms with E-state index in [2.05, 4.69) is 0 Å². The maximum atomic E-state index is 13.3. The largest absolute Gasteiger partial charge is 0.374 e. The number of fused-ring (bicyclic) bond motifs is 1. The van der Waals surface area contributed by atoms with E-state index in [0.29, 0.717) is 5.56 Å². The molecule has 0 aromatic heterocycles. The summed E-state index contributed by atoms with van der Waals surface area (Å²) in [5, 5.41) is 0. The third kappa shape index (κ3) is 1.96. The molecule has 1 unspecified atom stereocenters. The molecule has 1 aromatic carbocycles. The summed E-state index contributed by atoms with van der Waals surface area (Å²) in [5.74, 6) is -1.36.